The number of imide groups is 1. The molecule has 0 saturated heterocycles. The minimum absolute atomic E-state index is 0.0122. The van der Waals surface area contributed by atoms with Gasteiger partial charge in [-0.2, -0.15) is 18.3 Å². The zero-order valence-corrected chi connectivity index (χ0v) is 15.9. The number of benzene rings is 1. The van der Waals surface area contributed by atoms with Crippen molar-refractivity contribution in [1.29, 1.82) is 0 Å². The van der Waals surface area contributed by atoms with Crippen molar-refractivity contribution in [2.24, 2.45) is 7.05 Å². The fourth-order valence-electron chi connectivity index (χ4n) is 3.69. The fourth-order valence-corrected chi connectivity index (χ4v) is 3.69. The van der Waals surface area contributed by atoms with Crippen molar-refractivity contribution in [2.75, 3.05) is 4.90 Å². The van der Waals surface area contributed by atoms with E-state index in [1.807, 2.05) is 0 Å². The van der Waals surface area contributed by atoms with Crippen molar-refractivity contribution in [2.45, 2.75) is 6.18 Å². The maximum absolute atomic E-state index is 13.3. The van der Waals surface area contributed by atoms with Crippen LogP contribution in [0, 0.1) is 0 Å². The van der Waals surface area contributed by atoms with Crippen LogP contribution in [0.3, 0.4) is 0 Å². The number of halogens is 3. The van der Waals surface area contributed by atoms with Gasteiger partial charge in [0.05, 0.1) is 27.8 Å². The van der Waals surface area contributed by atoms with Crippen molar-refractivity contribution < 1.29 is 22.8 Å². The molecule has 3 aromatic heterocycles. The first kappa shape index (κ1) is 18.9. The van der Waals surface area contributed by atoms with Gasteiger partial charge >= 0.3 is 6.18 Å². The predicted octanol–water partition coefficient (Wildman–Crippen LogP) is 3.85. The molecule has 154 valence electrons. The zero-order chi connectivity index (χ0) is 21.9. The molecule has 5 rings (SSSR count). The number of aromatic nitrogens is 4. The van der Waals surface area contributed by atoms with Crippen molar-refractivity contribution in [3.05, 3.63) is 71.7 Å². The van der Waals surface area contributed by atoms with Crippen LogP contribution < -0.4 is 4.90 Å². The lowest BCUT2D eigenvalue weighted by atomic mass is 10.0. The standard InChI is InChI=1S/C21H12F3N5O2/c1-28-18-16(17(27-28)11-5-7-25-8-6-11)15-14(10-26-18)19(30)29(20(15)31)13-4-2-3-12(9-13)21(22,23)24/h2-10H,1H3. The van der Waals surface area contributed by atoms with E-state index in [4.69, 9.17) is 0 Å². The van der Waals surface area contributed by atoms with Crippen LogP contribution in [0.15, 0.2) is 55.0 Å². The number of fused-ring (bicyclic) bond motifs is 3. The van der Waals surface area contributed by atoms with Gasteiger partial charge in [0.25, 0.3) is 11.8 Å². The second kappa shape index (κ2) is 6.46. The van der Waals surface area contributed by atoms with Gasteiger partial charge in [-0.15, -0.1) is 0 Å². The summed E-state index contributed by atoms with van der Waals surface area (Å²) in [6, 6.07) is 7.50. The third-order valence-electron chi connectivity index (χ3n) is 5.09. The number of nitrogens with zero attached hydrogens (tertiary/aromatic N) is 5. The van der Waals surface area contributed by atoms with Crippen LogP contribution in [0.2, 0.25) is 0 Å². The lowest BCUT2D eigenvalue weighted by molar-refractivity contribution is -0.137. The van der Waals surface area contributed by atoms with E-state index in [1.165, 1.54) is 16.9 Å². The second-order valence-electron chi connectivity index (χ2n) is 6.95. The molecular formula is C21H12F3N5O2. The number of hydrogen-bond acceptors (Lipinski definition) is 5. The van der Waals surface area contributed by atoms with E-state index >= 15 is 0 Å². The highest BCUT2D eigenvalue weighted by Gasteiger charge is 2.41. The highest BCUT2D eigenvalue weighted by molar-refractivity contribution is 6.38. The van der Waals surface area contributed by atoms with Gasteiger partial charge in [-0.3, -0.25) is 14.6 Å². The Bertz CT molecular complexity index is 1380. The molecule has 10 heteroatoms. The highest BCUT2D eigenvalue weighted by atomic mass is 19.4. The summed E-state index contributed by atoms with van der Waals surface area (Å²) in [4.78, 5) is 35.3. The summed E-state index contributed by atoms with van der Waals surface area (Å²) in [5.41, 5.74) is 0.417. The summed E-state index contributed by atoms with van der Waals surface area (Å²) < 4.78 is 40.9. The molecule has 1 aliphatic heterocycles. The Morgan fingerprint density at radius 2 is 1.74 bits per heavy atom. The minimum atomic E-state index is -4.61. The van der Waals surface area contributed by atoms with Gasteiger partial charge in [-0.05, 0) is 30.3 Å². The normalized spacial score (nSPS) is 13.9. The van der Waals surface area contributed by atoms with Gasteiger partial charge in [0.15, 0.2) is 5.65 Å². The molecule has 1 aromatic carbocycles. The predicted molar refractivity (Wildman–Crippen MR) is 104 cm³/mol. The molecule has 0 radical (unpaired) electrons. The van der Waals surface area contributed by atoms with E-state index < -0.39 is 23.6 Å². The number of aryl methyl sites for hydroxylation is 1. The Kier molecular flexibility index (Phi) is 3.94. The van der Waals surface area contributed by atoms with E-state index in [9.17, 15) is 22.8 Å². The van der Waals surface area contributed by atoms with Gasteiger partial charge in [0, 0.05) is 31.2 Å². The van der Waals surface area contributed by atoms with Crippen LogP contribution in [-0.4, -0.2) is 31.6 Å². The molecule has 7 nitrogen and oxygen atoms in total. The number of pyridine rings is 2. The lowest BCUT2D eigenvalue weighted by Gasteiger charge is -2.16. The highest BCUT2D eigenvalue weighted by Crippen LogP contribution is 2.38. The number of rotatable bonds is 2. The Balaban J connectivity index is 1.72. The molecule has 2 amide bonds. The monoisotopic (exact) mass is 423 g/mol. The Labute approximate surface area is 172 Å². The van der Waals surface area contributed by atoms with Gasteiger partial charge < -0.3 is 0 Å². The van der Waals surface area contributed by atoms with Crippen LogP contribution >= 0.6 is 0 Å². The van der Waals surface area contributed by atoms with E-state index in [2.05, 4.69) is 15.1 Å². The molecule has 1 aliphatic rings. The van der Waals surface area contributed by atoms with Crippen LogP contribution in [-0.2, 0) is 13.2 Å². The minimum Gasteiger partial charge on any atom is -0.268 e. The third-order valence-corrected chi connectivity index (χ3v) is 5.09. The molecule has 0 saturated carbocycles. The maximum Gasteiger partial charge on any atom is 0.416 e. The molecule has 0 spiro atoms. The van der Waals surface area contributed by atoms with Crippen LogP contribution in [0.5, 0.6) is 0 Å². The van der Waals surface area contributed by atoms with E-state index in [1.54, 1.807) is 31.6 Å². The summed E-state index contributed by atoms with van der Waals surface area (Å²) in [5, 5.41) is 4.80. The van der Waals surface area contributed by atoms with Gasteiger partial charge in [0.1, 0.15) is 5.69 Å². The van der Waals surface area contributed by atoms with E-state index in [0.29, 0.717) is 22.3 Å². The first-order chi connectivity index (χ1) is 14.8. The topological polar surface area (TPSA) is 81.0 Å². The third kappa shape index (κ3) is 2.79. The quantitative estimate of drug-likeness (QED) is 0.458. The summed E-state index contributed by atoms with van der Waals surface area (Å²) in [7, 11) is 1.65. The Morgan fingerprint density at radius 3 is 2.45 bits per heavy atom. The molecule has 0 aliphatic carbocycles. The summed E-state index contributed by atoms with van der Waals surface area (Å²) >= 11 is 0. The maximum atomic E-state index is 13.3. The number of carbonyl (C=O) groups excluding carboxylic acids is 2. The average Bonchev–Trinajstić information content (AvgIpc) is 3.22. The van der Waals surface area contributed by atoms with Crippen molar-refractivity contribution in [3.63, 3.8) is 0 Å². The number of alkyl halides is 3. The summed E-state index contributed by atoms with van der Waals surface area (Å²) in [6.07, 6.45) is -0.229. The van der Waals surface area contributed by atoms with Crippen LogP contribution in [0.25, 0.3) is 22.3 Å². The van der Waals surface area contributed by atoms with Gasteiger partial charge in [-0.25, -0.2) is 14.6 Å². The molecular weight excluding hydrogens is 411 g/mol. The zero-order valence-electron chi connectivity index (χ0n) is 15.9. The molecule has 0 unspecified atom stereocenters. The molecule has 0 atom stereocenters. The summed E-state index contributed by atoms with van der Waals surface area (Å²) in [5.74, 6) is -1.46. The van der Waals surface area contributed by atoms with Gasteiger partial charge in [-0.1, -0.05) is 6.07 Å². The second-order valence-corrected chi connectivity index (χ2v) is 6.95. The first-order valence-corrected chi connectivity index (χ1v) is 9.09. The number of hydrogen-bond donors (Lipinski definition) is 0. The Morgan fingerprint density at radius 1 is 1.00 bits per heavy atom. The molecule has 4 aromatic rings. The molecule has 0 N–H and O–H groups in total. The Hall–Kier alpha value is -4.08. The molecule has 0 fully saturated rings. The smallest absolute Gasteiger partial charge is 0.268 e. The fraction of sp³-hybridized carbons (Fsp3) is 0.0952. The first-order valence-electron chi connectivity index (χ1n) is 9.09. The summed E-state index contributed by atoms with van der Waals surface area (Å²) in [6.45, 7) is 0. The molecule has 4 heterocycles. The lowest BCUT2D eigenvalue weighted by Crippen LogP contribution is -2.29. The van der Waals surface area contributed by atoms with Gasteiger partial charge in [0.2, 0.25) is 0 Å². The molecule has 31 heavy (non-hydrogen) atoms. The van der Waals surface area contributed by atoms with Crippen molar-refractivity contribution in [3.8, 4) is 11.3 Å². The number of amides is 2. The van der Waals surface area contributed by atoms with Crippen molar-refractivity contribution in [1.82, 2.24) is 19.7 Å². The molecule has 0 bridgehead atoms. The largest absolute Gasteiger partial charge is 0.416 e. The number of carbonyl (C=O) groups is 2. The SMILES string of the molecule is Cn1nc(-c2ccncc2)c2c3c(cnc21)C(=O)N(c1cccc(C(F)(F)F)c1)C3=O. The van der Waals surface area contributed by atoms with Crippen molar-refractivity contribution >= 4 is 28.5 Å². The van der Waals surface area contributed by atoms with Crippen LogP contribution in [0.4, 0.5) is 18.9 Å². The van der Waals surface area contributed by atoms with E-state index in [-0.39, 0.29) is 16.8 Å². The van der Waals surface area contributed by atoms with E-state index in [0.717, 1.165) is 23.1 Å². The van der Waals surface area contributed by atoms with Crippen LogP contribution in [0.1, 0.15) is 26.3 Å². The number of anilines is 1. The average molecular weight is 423 g/mol.